The standard InChI is InChI=1S/C13H15FN4/c14-13-2-1-11(18-5-3-15-4-6-18)7-12(13)10-8-16-17-9-10/h1-2,7-9,15H,3-6H2,(H,16,17). The van der Waals surface area contributed by atoms with Gasteiger partial charge in [0, 0.05) is 49.2 Å². The third-order valence-corrected chi connectivity index (χ3v) is 3.24. The Hall–Kier alpha value is -1.88. The molecule has 1 aliphatic heterocycles. The largest absolute Gasteiger partial charge is 0.369 e. The first-order valence-electron chi connectivity index (χ1n) is 6.09. The van der Waals surface area contributed by atoms with Gasteiger partial charge in [0.25, 0.3) is 0 Å². The van der Waals surface area contributed by atoms with Crippen LogP contribution in [0.2, 0.25) is 0 Å². The van der Waals surface area contributed by atoms with Crippen LogP contribution in [0, 0.1) is 5.82 Å². The third-order valence-electron chi connectivity index (χ3n) is 3.24. The maximum Gasteiger partial charge on any atom is 0.131 e. The second kappa shape index (κ2) is 4.78. The summed E-state index contributed by atoms with van der Waals surface area (Å²) in [5, 5.41) is 9.89. The van der Waals surface area contributed by atoms with Gasteiger partial charge >= 0.3 is 0 Å². The number of benzene rings is 1. The van der Waals surface area contributed by atoms with Crippen molar-refractivity contribution in [2.24, 2.45) is 0 Å². The zero-order valence-corrected chi connectivity index (χ0v) is 9.99. The highest BCUT2D eigenvalue weighted by Crippen LogP contribution is 2.27. The molecule has 5 heteroatoms. The normalized spacial score (nSPS) is 15.9. The maximum absolute atomic E-state index is 13.8. The predicted octanol–water partition coefficient (Wildman–Crippen LogP) is 1.63. The highest BCUT2D eigenvalue weighted by atomic mass is 19.1. The molecule has 1 saturated heterocycles. The van der Waals surface area contributed by atoms with Gasteiger partial charge < -0.3 is 10.2 Å². The van der Waals surface area contributed by atoms with E-state index in [1.165, 1.54) is 6.07 Å². The number of aromatic amines is 1. The van der Waals surface area contributed by atoms with E-state index in [0.717, 1.165) is 37.4 Å². The molecule has 1 fully saturated rings. The molecule has 18 heavy (non-hydrogen) atoms. The first-order chi connectivity index (χ1) is 8.84. The number of nitrogens with zero attached hydrogens (tertiary/aromatic N) is 2. The molecular formula is C13H15FN4. The summed E-state index contributed by atoms with van der Waals surface area (Å²) >= 11 is 0. The molecule has 3 rings (SSSR count). The van der Waals surface area contributed by atoms with Crippen LogP contribution in [0.3, 0.4) is 0 Å². The fourth-order valence-electron chi connectivity index (χ4n) is 2.25. The van der Waals surface area contributed by atoms with Crippen molar-refractivity contribution in [3.8, 4) is 11.1 Å². The fourth-order valence-corrected chi connectivity index (χ4v) is 2.25. The van der Waals surface area contributed by atoms with Gasteiger partial charge in [-0.1, -0.05) is 0 Å². The molecule has 1 aliphatic rings. The second-order valence-corrected chi connectivity index (χ2v) is 4.39. The van der Waals surface area contributed by atoms with Gasteiger partial charge in [-0.3, -0.25) is 5.10 Å². The molecule has 0 aliphatic carbocycles. The van der Waals surface area contributed by atoms with Gasteiger partial charge in [0.15, 0.2) is 0 Å². The average Bonchev–Trinajstić information content (AvgIpc) is 2.94. The van der Waals surface area contributed by atoms with Crippen LogP contribution in [0.15, 0.2) is 30.6 Å². The van der Waals surface area contributed by atoms with Crippen molar-refractivity contribution >= 4 is 5.69 Å². The van der Waals surface area contributed by atoms with E-state index in [9.17, 15) is 4.39 Å². The number of anilines is 1. The molecule has 2 N–H and O–H groups in total. The van der Waals surface area contributed by atoms with E-state index >= 15 is 0 Å². The van der Waals surface area contributed by atoms with E-state index in [-0.39, 0.29) is 5.82 Å². The van der Waals surface area contributed by atoms with Crippen LogP contribution < -0.4 is 10.2 Å². The van der Waals surface area contributed by atoms with Gasteiger partial charge in [0.2, 0.25) is 0 Å². The summed E-state index contributed by atoms with van der Waals surface area (Å²) in [4.78, 5) is 2.26. The van der Waals surface area contributed by atoms with Crippen LogP contribution in [0.5, 0.6) is 0 Å². The van der Waals surface area contributed by atoms with Crippen LogP contribution >= 0.6 is 0 Å². The monoisotopic (exact) mass is 246 g/mol. The predicted molar refractivity (Wildman–Crippen MR) is 69.1 cm³/mol. The smallest absolute Gasteiger partial charge is 0.131 e. The first kappa shape index (κ1) is 11.2. The van der Waals surface area contributed by atoms with Crippen molar-refractivity contribution in [2.75, 3.05) is 31.1 Å². The number of hydrogen-bond donors (Lipinski definition) is 2. The lowest BCUT2D eigenvalue weighted by Gasteiger charge is -2.29. The Balaban J connectivity index is 1.95. The van der Waals surface area contributed by atoms with E-state index in [1.807, 2.05) is 12.1 Å². The van der Waals surface area contributed by atoms with Crippen molar-refractivity contribution in [1.29, 1.82) is 0 Å². The Morgan fingerprint density at radius 3 is 2.78 bits per heavy atom. The lowest BCUT2D eigenvalue weighted by molar-refractivity contribution is 0.588. The summed E-state index contributed by atoms with van der Waals surface area (Å²) in [6.07, 6.45) is 3.35. The minimum Gasteiger partial charge on any atom is -0.369 e. The van der Waals surface area contributed by atoms with Crippen LogP contribution in [0.25, 0.3) is 11.1 Å². The van der Waals surface area contributed by atoms with E-state index in [4.69, 9.17) is 0 Å². The van der Waals surface area contributed by atoms with E-state index < -0.39 is 0 Å². The molecule has 0 amide bonds. The van der Waals surface area contributed by atoms with Crippen molar-refractivity contribution in [3.63, 3.8) is 0 Å². The molecule has 0 unspecified atom stereocenters. The van der Waals surface area contributed by atoms with Gasteiger partial charge in [0.05, 0.1) is 6.20 Å². The number of aromatic nitrogens is 2. The number of rotatable bonds is 2. The molecule has 4 nitrogen and oxygen atoms in total. The van der Waals surface area contributed by atoms with E-state index in [2.05, 4.69) is 20.4 Å². The zero-order chi connectivity index (χ0) is 12.4. The van der Waals surface area contributed by atoms with Crippen LogP contribution in [-0.2, 0) is 0 Å². The summed E-state index contributed by atoms with van der Waals surface area (Å²) in [5.41, 5.74) is 2.44. The number of nitrogens with one attached hydrogen (secondary N) is 2. The number of H-pyrrole nitrogens is 1. The Labute approximate surface area is 105 Å². The summed E-state index contributed by atoms with van der Waals surface area (Å²) in [7, 11) is 0. The minimum atomic E-state index is -0.213. The van der Waals surface area contributed by atoms with E-state index in [0.29, 0.717) is 5.56 Å². The highest BCUT2D eigenvalue weighted by Gasteiger charge is 2.13. The highest BCUT2D eigenvalue weighted by molar-refractivity contribution is 5.68. The maximum atomic E-state index is 13.8. The van der Waals surface area contributed by atoms with Gasteiger partial charge in [-0.2, -0.15) is 5.10 Å². The Morgan fingerprint density at radius 2 is 2.06 bits per heavy atom. The molecule has 0 atom stereocenters. The van der Waals surface area contributed by atoms with Gasteiger partial charge in [-0.05, 0) is 18.2 Å². The molecule has 0 radical (unpaired) electrons. The molecular weight excluding hydrogens is 231 g/mol. The summed E-state index contributed by atoms with van der Waals surface area (Å²) in [6, 6.07) is 5.26. The molecule has 0 bridgehead atoms. The van der Waals surface area contributed by atoms with Crippen molar-refractivity contribution in [3.05, 3.63) is 36.4 Å². The first-order valence-corrected chi connectivity index (χ1v) is 6.09. The molecule has 2 heterocycles. The summed E-state index contributed by atoms with van der Waals surface area (Å²) in [5.74, 6) is -0.213. The third kappa shape index (κ3) is 2.09. The average molecular weight is 246 g/mol. The molecule has 1 aromatic carbocycles. The molecule has 0 saturated carbocycles. The lowest BCUT2D eigenvalue weighted by atomic mass is 10.1. The Kier molecular flexibility index (Phi) is 2.98. The molecule has 94 valence electrons. The Bertz CT molecular complexity index is 518. The quantitative estimate of drug-likeness (QED) is 0.846. The van der Waals surface area contributed by atoms with Gasteiger partial charge in [-0.25, -0.2) is 4.39 Å². The van der Waals surface area contributed by atoms with E-state index in [1.54, 1.807) is 12.4 Å². The van der Waals surface area contributed by atoms with Crippen LogP contribution in [0.1, 0.15) is 0 Å². The molecule has 1 aromatic heterocycles. The SMILES string of the molecule is Fc1ccc(N2CCNCC2)cc1-c1cn[nH]c1. The zero-order valence-electron chi connectivity index (χ0n) is 9.99. The van der Waals surface area contributed by atoms with Crippen molar-refractivity contribution < 1.29 is 4.39 Å². The van der Waals surface area contributed by atoms with Crippen LogP contribution in [-0.4, -0.2) is 36.4 Å². The molecule has 0 spiro atoms. The second-order valence-electron chi connectivity index (χ2n) is 4.39. The number of hydrogen-bond acceptors (Lipinski definition) is 3. The van der Waals surface area contributed by atoms with Gasteiger partial charge in [0.1, 0.15) is 5.82 Å². The van der Waals surface area contributed by atoms with Crippen molar-refractivity contribution in [1.82, 2.24) is 15.5 Å². The summed E-state index contributed by atoms with van der Waals surface area (Å²) in [6.45, 7) is 3.85. The number of halogens is 1. The van der Waals surface area contributed by atoms with Gasteiger partial charge in [-0.15, -0.1) is 0 Å². The topological polar surface area (TPSA) is 44.0 Å². The van der Waals surface area contributed by atoms with Crippen LogP contribution in [0.4, 0.5) is 10.1 Å². The number of piperazine rings is 1. The fraction of sp³-hybridized carbons (Fsp3) is 0.308. The lowest BCUT2D eigenvalue weighted by Crippen LogP contribution is -2.43. The molecule has 2 aromatic rings. The van der Waals surface area contributed by atoms with Crippen molar-refractivity contribution in [2.45, 2.75) is 0 Å². The Morgan fingerprint density at radius 1 is 1.22 bits per heavy atom. The summed E-state index contributed by atoms with van der Waals surface area (Å²) < 4.78 is 13.8. The minimum absolute atomic E-state index is 0.213.